The molecule has 0 saturated carbocycles. The number of hydrazine groups is 1. The Kier molecular flexibility index (Phi) is 5.02. The summed E-state index contributed by atoms with van der Waals surface area (Å²) in [6.07, 6.45) is 0. The van der Waals surface area contributed by atoms with Crippen LogP contribution in [0.15, 0.2) is 103 Å². The van der Waals surface area contributed by atoms with Gasteiger partial charge >= 0.3 is 0 Å². The number of anilines is 3. The standard InChI is InChI=1S/C27H18N4.BrH/c28-18-20-15-16-25(24-13-7-6-11-22(20)24)31-29-27-23-12-5-4-8-19(23)14-17-26(27)30(31)21-9-2-1-3-10-21;/h1-17,29H;1H. The maximum Gasteiger partial charge on any atom is 0.189 e. The predicted molar refractivity (Wildman–Crippen MR) is 125 cm³/mol. The monoisotopic (exact) mass is 478 g/mol. The van der Waals surface area contributed by atoms with Crippen molar-refractivity contribution in [2.45, 2.75) is 0 Å². The van der Waals surface area contributed by atoms with Crippen LogP contribution in [0, 0.1) is 11.3 Å². The predicted octanol–water partition coefficient (Wildman–Crippen LogP) is 2.55. The number of nitrogens with zero attached hydrogens (tertiary/aromatic N) is 3. The lowest BCUT2D eigenvalue weighted by molar-refractivity contribution is -0.575. The fourth-order valence-corrected chi connectivity index (χ4v) is 4.49. The number of fused-ring (bicyclic) bond motifs is 4. The first-order chi connectivity index (χ1) is 15.3. The summed E-state index contributed by atoms with van der Waals surface area (Å²) in [4.78, 5) is 0. The minimum atomic E-state index is 0. The molecule has 1 heterocycles. The Morgan fingerprint density at radius 2 is 1.28 bits per heavy atom. The van der Waals surface area contributed by atoms with Gasteiger partial charge in [-0.1, -0.05) is 66.7 Å². The largest absolute Gasteiger partial charge is 1.00 e. The molecule has 0 saturated heterocycles. The van der Waals surface area contributed by atoms with Gasteiger partial charge in [0.25, 0.3) is 0 Å². The van der Waals surface area contributed by atoms with Crippen molar-refractivity contribution >= 4 is 44.3 Å². The molecule has 5 heteroatoms. The summed E-state index contributed by atoms with van der Waals surface area (Å²) in [5.41, 5.74) is 7.35. The van der Waals surface area contributed by atoms with Gasteiger partial charge in [0.15, 0.2) is 5.69 Å². The van der Waals surface area contributed by atoms with Crippen LogP contribution in [-0.4, -0.2) is 0 Å². The van der Waals surface area contributed by atoms with Crippen LogP contribution in [0.2, 0.25) is 0 Å². The Hall–Kier alpha value is -3.85. The zero-order valence-corrected chi connectivity index (χ0v) is 18.7. The van der Waals surface area contributed by atoms with Gasteiger partial charge in [-0.2, -0.15) is 10.7 Å². The molecule has 6 rings (SSSR count). The average molecular weight is 479 g/mol. The summed E-state index contributed by atoms with van der Waals surface area (Å²) >= 11 is 0. The Bertz CT molecular complexity index is 1490. The van der Waals surface area contributed by atoms with Crippen molar-refractivity contribution in [2.24, 2.45) is 0 Å². The van der Waals surface area contributed by atoms with Crippen LogP contribution in [0.3, 0.4) is 0 Å². The fourth-order valence-electron chi connectivity index (χ4n) is 4.49. The number of rotatable bonds is 2. The number of hydrogen-bond donors (Lipinski definition) is 1. The van der Waals surface area contributed by atoms with Crippen molar-refractivity contribution in [1.82, 2.24) is 0 Å². The zero-order chi connectivity index (χ0) is 20.8. The zero-order valence-electron chi connectivity index (χ0n) is 17.1. The summed E-state index contributed by atoms with van der Waals surface area (Å²) < 4.78 is 0. The molecule has 0 atom stereocenters. The highest BCUT2D eigenvalue weighted by atomic mass is 79.9. The van der Waals surface area contributed by atoms with E-state index in [0.29, 0.717) is 5.56 Å². The van der Waals surface area contributed by atoms with Gasteiger partial charge < -0.3 is 17.0 Å². The van der Waals surface area contributed by atoms with Gasteiger partial charge in [-0.25, -0.2) is 5.01 Å². The third kappa shape index (κ3) is 3.01. The molecule has 0 spiro atoms. The second-order valence-electron chi connectivity index (χ2n) is 7.63. The van der Waals surface area contributed by atoms with Crippen LogP contribution in [0.5, 0.6) is 0 Å². The molecule has 5 aromatic carbocycles. The minimum Gasteiger partial charge on any atom is -1.00 e. The normalized spacial score (nSPS) is 12.5. The first kappa shape index (κ1) is 20.1. The van der Waals surface area contributed by atoms with Crippen molar-refractivity contribution in [3.63, 3.8) is 0 Å². The number of para-hydroxylation sites is 1. The number of halogens is 1. The summed E-state index contributed by atoms with van der Waals surface area (Å²) in [5, 5.41) is 18.5. The van der Waals surface area contributed by atoms with Gasteiger partial charge in [0.2, 0.25) is 0 Å². The number of benzene rings is 5. The second kappa shape index (κ2) is 8.01. The van der Waals surface area contributed by atoms with Gasteiger partial charge in [-0.15, -0.1) is 5.12 Å². The number of nitrogens with two attached hydrogens (primary N) is 1. The van der Waals surface area contributed by atoms with E-state index >= 15 is 0 Å². The van der Waals surface area contributed by atoms with Crippen LogP contribution in [0.25, 0.3) is 21.5 Å². The third-order valence-electron chi connectivity index (χ3n) is 5.91. The average Bonchev–Trinajstić information content (AvgIpc) is 3.23. The van der Waals surface area contributed by atoms with Crippen molar-refractivity contribution in [1.29, 1.82) is 5.26 Å². The molecule has 4 nitrogen and oxygen atoms in total. The summed E-state index contributed by atoms with van der Waals surface area (Å²) in [5.74, 6) is 0. The van der Waals surface area contributed by atoms with E-state index in [9.17, 15) is 5.26 Å². The molecule has 1 aliphatic rings. The molecule has 0 fully saturated rings. The van der Waals surface area contributed by atoms with Crippen LogP contribution in [0.1, 0.15) is 5.56 Å². The van der Waals surface area contributed by atoms with Gasteiger partial charge in [0.1, 0.15) is 11.4 Å². The molecule has 1 aliphatic heterocycles. The first-order valence-electron chi connectivity index (χ1n) is 10.3. The van der Waals surface area contributed by atoms with E-state index in [4.69, 9.17) is 0 Å². The summed E-state index contributed by atoms with van der Waals surface area (Å²) in [7, 11) is 0. The third-order valence-corrected chi connectivity index (χ3v) is 5.91. The lowest BCUT2D eigenvalue weighted by atomic mass is 10.0. The van der Waals surface area contributed by atoms with Crippen molar-refractivity contribution in [3.05, 3.63) is 109 Å². The van der Waals surface area contributed by atoms with E-state index in [0.717, 1.165) is 27.8 Å². The minimum absolute atomic E-state index is 0. The first-order valence-corrected chi connectivity index (χ1v) is 10.3. The van der Waals surface area contributed by atoms with E-state index in [2.05, 4.69) is 88.4 Å². The highest BCUT2D eigenvalue weighted by Gasteiger charge is 2.35. The summed E-state index contributed by atoms with van der Waals surface area (Å²) in [6.45, 7) is 0. The topological polar surface area (TPSA) is 46.9 Å². The van der Waals surface area contributed by atoms with E-state index in [-0.39, 0.29) is 17.0 Å². The molecule has 0 aromatic heterocycles. The highest BCUT2D eigenvalue weighted by Crippen LogP contribution is 2.41. The van der Waals surface area contributed by atoms with E-state index < -0.39 is 0 Å². The Morgan fingerprint density at radius 3 is 2.06 bits per heavy atom. The Balaban J connectivity index is 0.00000216. The van der Waals surface area contributed by atoms with Gasteiger partial charge in [0.05, 0.1) is 17.3 Å². The van der Waals surface area contributed by atoms with Crippen molar-refractivity contribution < 1.29 is 22.4 Å². The molecule has 154 valence electrons. The lowest BCUT2D eigenvalue weighted by Crippen LogP contribution is -3.00. The van der Waals surface area contributed by atoms with Crippen LogP contribution in [-0.2, 0) is 0 Å². The number of nitriles is 1. The smallest absolute Gasteiger partial charge is 0.189 e. The molecule has 2 N–H and O–H groups in total. The van der Waals surface area contributed by atoms with Crippen LogP contribution < -0.4 is 32.5 Å². The fraction of sp³-hybridized carbons (Fsp3) is 0. The Labute approximate surface area is 196 Å². The number of quaternary nitrogens is 1. The molecule has 5 aromatic rings. The van der Waals surface area contributed by atoms with Crippen molar-refractivity contribution in [3.8, 4) is 6.07 Å². The molecule has 0 radical (unpaired) electrons. The van der Waals surface area contributed by atoms with E-state index in [1.54, 1.807) is 0 Å². The number of hydrogen-bond acceptors (Lipinski definition) is 3. The van der Waals surface area contributed by atoms with E-state index in [1.807, 2.05) is 36.4 Å². The molecule has 0 aliphatic carbocycles. The molecular formula is C27H19BrN4. The van der Waals surface area contributed by atoms with Crippen LogP contribution in [0.4, 0.5) is 22.7 Å². The quantitative estimate of drug-likeness (QED) is 0.313. The molecule has 32 heavy (non-hydrogen) atoms. The van der Waals surface area contributed by atoms with Crippen molar-refractivity contribution in [2.75, 3.05) is 10.1 Å². The van der Waals surface area contributed by atoms with Gasteiger partial charge in [-0.05, 0) is 41.8 Å². The lowest BCUT2D eigenvalue weighted by Gasteiger charge is -2.28. The maximum absolute atomic E-state index is 9.60. The molecular weight excluding hydrogens is 460 g/mol. The van der Waals surface area contributed by atoms with E-state index in [1.165, 1.54) is 16.5 Å². The van der Waals surface area contributed by atoms with Gasteiger partial charge in [-0.3, -0.25) is 0 Å². The molecule has 0 bridgehead atoms. The van der Waals surface area contributed by atoms with Gasteiger partial charge in [0, 0.05) is 16.2 Å². The highest BCUT2D eigenvalue weighted by molar-refractivity contribution is 6.02. The molecule has 0 amide bonds. The molecule has 0 unspecified atom stereocenters. The summed E-state index contributed by atoms with van der Waals surface area (Å²) in [6, 6.07) is 37.6. The van der Waals surface area contributed by atoms with Crippen LogP contribution >= 0.6 is 0 Å². The maximum atomic E-state index is 9.60. The SMILES string of the molecule is N#Cc1ccc(N2[NH2+]c3c(ccc4ccccc34)N2c2ccccc2)c2ccccc12.[Br-]. The second-order valence-corrected chi connectivity index (χ2v) is 7.63. The Morgan fingerprint density at radius 1 is 0.625 bits per heavy atom.